The average Bonchev–Trinajstić information content (AvgIpc) is 3.05. The predicted octanol–water partition coefficient (Wildman–Crippen LogP) is 3.39. The number of methoxy groups -OCH3 is 1. The Kier molecular flexibility index (Phi) is 3.95. The molecule has 0 aliphatic carbocycles. The molecule has 0 fully saturated rings. The molecule has 2 aromatic carbocycles. The molecule has 25 heavy (non-hydrogen) atoms. The molecule has 3 N–H and O–H groups in total. The van der Waals surface area contributed by atoms with E-state index in [0.29, 0.717) is 24.7 Å². The highest BCUT2D eigenvalue weighted by Gasteiger charge is 2.12. The monoisotopic (exact) mass is 334 g/mol. The van der Waals surface area contributed by atoms with Crippen molar-refractivity contribution in [3.63, 3.8) is 0 Å². The van der Waals surface area contributed by atoms with Gasteiger partial charge in [0.05, 0.1) is 34.4 Å². The zero-order valence-electron chi connectivity index (χ0n) is 13.8. The van der Waals surface area contributed by atoms with Gasteiger partial charge in [-0.1, -0.05) is 18.2 Å². The maximum Gasteiger partial charge on any atom is 0.142 e. The van der Waals surface area contributed by atoms with Crippen molar-refractivity contribution in [2.75, 3.05) is 26.1 Å². The number of anilines is 1. The largest absolute Gasteiger partial charge is 0.491 e. The van der Waals surface area contributed by atoms with Gasteiger partial charge in [0.15, 0.2) is 0 Å². The Morgan fingerprint density at radius 1 is 1.08 bits per heavy atom. The van der Waals surface area contributed by atoms with Gasteiger partial charge in [-0.2, -0.15) is 0 Å². The number of nitrogens with two attached hydrogens (primary N) is 1. The summed E-state index contributed by atoms with van der Waals surface area (Å²) in [5, 5.41) is 0.920. The maximum absolute atomic E-state index is 6.35. The van der Waals surface area contributed by atoms with Crippen LogP contribution in [0.2, 0.25) is 0 Å². The van der Waals surface area contributed by atoms with E-state index in [-0.39, 0.29) is 0 Å². The molecule has 4 rings (SSSR count). The number of nitrogens with zero attached hydrogens (tertiary/aromatic N) is 2. The second-order valence-corrected chi connectivity index (χ2v) is 5.71. The van der Waals surface area contributed by atoms with Crippen LogP contribution < -0.4 is 10.5 Å². The average molecular weight is 334 g/mol. The molecule has 6 nitrogen and oxygen atoms in total. The number of aromatic nitrogens is 3. The Morgan fingerprint density at radius 3 is 2.84 bits per heavy atom. The lowest BCUT2D eigenvalue weighted by molar-refractivity contribution is 0.146. The van der Waals surface area contributed by atoms with Crippen LogP contribution in [0.25, 0.3) is 33.3 Å². The summed E-state index contributed by atoms with van der Waals surface area (Å²) >= 11 is 0. The van der Waals surface area contributed by atoms with Crippen LogP contribution in [0.4, 0.5) is 5.69 Å². The number of pyridine rings is 1. The molecule has 0 aliphatic heterocycles. The second kappa shape index (κ2) is 6.41. The van der Waals surface area contributed by atoms with Crippen molar-refractivity contribution in [3.8, 4) is 17.1 Å². The highest BCUT2D eigenvalue weighted by molar-refractivity contribution is 5.97. The SMILES string of the molecule is COCCOc1ccc2nc(-c3cnc4ccccc4c3N)[nH]c2c1. The molecule has 6 heteroatoms. The number of hydrogen-bond acceptors (Lipinski definition) is 5. The van der Waals surface area contributed by atoms with Gasteiger partial charge in [-0.3, -0.25) is 4.98 Å². The molecular weight excluding hydrogens is 316 g/mol. The van der Waals surface area contributed by atoms with Gasteiger partial charge in [-0.15, -0.1) is 0 Å². The quantitative estimate of drug-likeness (QED) is 0.546. The number of imidazole rings is 1. The van der Waals surface area contributed by atoms with E-state index in [1.54, 1.807) is 13.3 Å². The molecule has 0 saturated heterocycles. The van der Waals surface area contributed by atoms with E-state index in [0.717, 1.165) is 33.2 Å². The minimum atomic E-state index is 0.505. The number of ether oxygens (including phenoxy) is 2. The first-order valence-electron chi connectivity index (χ1n) is 8.01. The minimum Gasteiger partial charge on any atom is -0.491 e. The van der Waals surface area contributed by atoms with Crippen molar-refractivity contribution in [1.29, 1.82) is 0 Å². The van der Waals surface area contributed by atoms with Crippen LogP contribution in [0.5, 0.6) is 5.75 Å². The Balaban J connectivity index is 1.73. The fourth-order valence-corrected chi connectivity index (χ4v) is 2.80. The zero-order chi connectivity index (χ0) is 17.2. The number of benzene rings is 2. The second-order valence-electron chi connectivity index (χ2n) is 5.71. The van der Waals surface area contributed by atoms with Gasteiger partial charge < -0.3 is 20.2 Å². The molecular formula is C19H18N4O2. The predicted molar refractivity (Wildman–Crippen MR) is 98.6 cm³/mol. The van der Waals surface area contributed by atoms with Gasteiger partial charge in [0, 0.05) is 24.8 Å². The van der Waals surface area contributed by atoms with Crippen LogP contribution in [-0.2, 0) is 4.74 Å². The normalized spacial score (nSPS) is 11.2. The lowest BCUT2D eigenvalue weighted by Crippen LogP contribution is -2.03. The number of nitrogen functional groups attached to an aromatic ring is 1. The van der Waals surface area contributed by atoms with E-state index in [1.165, 1.54) is 0 Å². The van der Waals surface area contributed by atoms with Gasteiger partial charge in [0.25, 0.3) is 0 Å². The first-order valence-corrected chi connectivity index (χ1v) is 8.01. The van der Waals surface area contributed by atoms with Gasteiger partial charge in [0.1, 0.15) is 18.2 Å². The van der Waals surface area contributed by atoms with E-state index >= 15 is 0 Å². The fraction of sp³-hybridized carbons (Fsp3) is 0.158. The maximum atomic E-state index is 6.35. The lowest BCUT2D eigenvalue weighted by Gasteiger charge is -2.06. The summed E-state index contributed by atoms with van der Waals surface area (Å²) in [6, 6.07) is 13.5. The zero-order valence-corrected chi connectivity index (χ0v) is 13.8. The molecule has 126 valence electrons. The highest BCUT2D eigenvalue weighted by atomic mass is 16.5. The van der Waals surface area contributed by atoms with Gasteiger partial charge in [-0.25, -0.2) is 4.98 Å². The Morgan fingerprint density at radius 2 is 1.96 bits per heavy atom. The fourth-order valence-electron chi connectivity index (χ4n) is 2.80. The van der Waals surface area contributed by atoms with Gasteiger partial charge in [-0.05, 0) is 18.2 Å². The smallest absolute Gasteiger partial charge is 0.142 e. The number of fused-ring (bicyclic) bond motifs is 2. The van der Waals surface area contributed by atoms with E-state index in [9.17, 15) is 0 Å². The van der Waals surface area contributed by atoms with Gasteiger partial charge in [0.2, 0.25) is 0 Å². The standard InChI is InChI=1S/C19H18N4O2/c1-24-8-9-25-12-6-7-16-17(10-12)23-19(22-16)14-11-21-15-5-3-2-4-13(15)18(14)20/h2-7,10-11H,8-9H2,1H3,(H2,20,21)(H,22,23). The molecule has 0 aliphatic rings. The molecule has 0 amide bonds. The molecule has 0 unspecified atom stereocenters. The summed E-state index contributed by atoms with van der Waals surface area (Å²) in [6.07, 6.45) is 1.76. The van der Waals surface area contributed by atoms with Crippen molar-refractivity contribution in [1.82, 2.24) is 15.0 Å². The third-order valence-corrected chi connectivity index (χ3v) is 4.08. The van der Waals surface area contributed by atoms with Crippen molar-refractivity contribution >= 4 is 27.6 Å². The van der Waals surface area contributed by atoms with Crippen LogP contribution in [0.3, 0.4) is 0 Å². The summed E-state index contributed by atoms with van der Waals surface area (Å²) in [5.74, 6) is 1.46. The summed E-state index contributed by atoms with van der Waals surface area (Å²) in [7, 11) is 1.65. The van der Waals surface area contributed by atoms with E-state index in [4.69, 9.17) is 15.2 Å². The summed E-state index contributed by atoms with van der Waals surface area (Å²) < 4.78 is 10.6. The van der Waals surface area contributed by atoms with Crippen LogP contribution in [-0.4, -0.2) is 35.3 Å². The number of H-pyrrole nitrogens is 1. The number of rotatable bonds is 5. The third kappa shape index (κ3) is 2.88. The molecule has 2 aromatic heterocycles. The van der Waals surface area contributed by atoms with Crippen molar-refractivity contribution < 1.29 is 9.47 Å². The summed E-state index contributed by atoms with van der Waals surface area (Å²) in [4.78, 5) is 12.4. The lowest BCUT2D eigenvalue weighted by atomic mass is 10.1. The van der Waals surface area contributed by atoms with E-state index in [1.807, 2.05) is 42.5 Å². The molecule has 2 heterocycles. The first kappa shape index (κ1) is 15.4. The Labute approximate surface area is 144 Å². The Hall–Kier alpha value is -3.12. The third-order valence-electron chi connectivity index (χ3n) is 4.08. The molecule has 4 aromatic rings. The topological polar surface area (TPSA) is 86.1 Å². The molecule has 0 radical (unpaired) electrons. The number of aromatic amines is 1. The van der Waals surface area contributed by atoms with Crippen LogP contribution in [0, 0.1) is 0 Å². The molecule has 0 spiro atoms. The highest BCUT2D eigenvalue weighted by Crippen LogP contribution is 2.31. The molecule has 0 atom stereocenters. The number of nitrogens with one attached hydrogen (secondary N) is 1. The Bertz CT molecular complexity index is 1040. The van der Waals surface area contributed by atoms with Crippen LogP contribution >= 0.6 is 0 Å². The molecule has 0 saturated carbocycles. The summed E-state index contributed by atoms with van der Waals surface area (Å²) in [6.45, 7) is 1.05. The van der Waals surface area contributed by atoms with Crippen LogP contribution in [0.1, 0.15) is 0 Å². The summed E-state index contributed by atoms with van der Waals surface area (Å²) in [5.41, 5.74) is 10.4. The van der Waals surface area contributed by atoms with Crippen LogP contribution in [0.15, 0.2) is 48.7 Å². The number of para-hydroxylation sites is 1. The van der Waals surface area contributed by atoms with Gasteiger partial charge >= 0.3 is 0 Å². The van der Waals surface area contributed by atoms with Crippen molar-refractivity contribution in [2.45, 2.75) is 0 Å². The minimum absolute atomic E-state index is 0.505. The van der Waals surface area contributed by atoms with Crippen molar-refractivity contribution in [2.24, 2.45) is 0 Å². The first-order chi connectivity index (χ1) is 12.3. The van der Waals surface area contributed by atoms with E-state index < -0.39 is 0 Å². The molecule has 0 bridgehead atoms. The number of hydrogen-bond donors (Lipinski definition) is 2. The van der Waals surface area contributed by atoms with E-state index in [2.05, 4.69) is 15.0 Å². The van der Waals surface area contributed by atoms with Crippen molar-refractivity contribution in [3.05, 3.63) is 48.7 Å².